The molecule has 1 saturated heterocycles. The molecule has 126 valence electrons. The van der Waals surface area contributed by atoms with E-state index < -0.39 is 12.1 Å². The number of morpholine rings is 1. The van der Waals surface area contributed by atoms with Crippen molar-refractivity contribution in [1.29, 1.82) is 0 Å². The van der Waals surface area contributed by atoms with Gasteiger partial charge in [-0.15, -0.1) is 0 Å². The van der Waals surface area contributed by atoms with Crippen molar-refractivity contribution in [2.75, 3.05) is 33.9 Å². The Kier molecular flexibility index (Phi) is 5.84. The molecule has 0 spiro atoms. The number of carboxylic acids is 1. The van der Waals surface area contributed by atoms with Gasteiger partial charge in [0.2, 0.25) is 0 Å². The molecular formula is C15H18BrNO6. The van der Waals surface area contributed by atoms with E-state index in [-0.39, 0.29) is 18.9 Å². The van der Waals surface area contributed by atoms with Crippen molar-refractivity contribution in [3.8, 4) is 11.5 Å². The van der Waals surface area contributed by atoms with Crippen molar-refractivity contribution in [2.24, 2.45) is 0 Å². The van der Waals surface area contributed by atoms with E-state index in [9.17, 15) is 9.59 Å². The van der Waals surface area contributed by atoms with Crippen molar-refractivity contribution < 1.29 is 28.9 Å². The van der Waals surface area contributed by atoms with Gasteiger partial charge in [-0.05, 0) is 28.1 Å². The Morgan fingerprint density at radius 2 is 1.96 bits per heavy atom. The zero-order valence-corrected chi connectivity index (χ0v) is 14.5. The summed E-state index contributed by atoms with van der Waals surface area (Å²) >= 11 is 3.36. The van der Waals surface area contributed by atoms with E-state index in [4.69, 9.17) is 19.3 Å². The predicted molar refractivity (Wildman–Crippen MR) is 85.1 cm³/mol. The van der Waals surface area contributed by atoms with Crippen LogP contribution in [0.1, 0.15) is 16.8 Å². The van der Waals surface area contributed by atoms with Crippen molar-refractivity contribution in [2.45, 2.75) is 12.5 Å². The number of carbonyl (C=O) groups excluding carboxylic acids is 1. The lowest BCUT2D eigenvalue weighted by atomic mass is 10.1. The van der Waals surface area contributed by atoms with Crippen LogP contribution < -0.4 is 9.47 Å². The molecule has 0 aliphatic carbocycles. The van der Waals surface area contributed by atoms with Gasteiger partial charge in [0.25, 0.3) is 5.91 Å². The second-order valence-electron chi connectivity index (χ2n) is 5.04. The molecule has 1 amide bonds. The minimum absolute atomic E-state index is 0.128. The molecule has 1 aliphatic heterocycles. The monoisotopic (exact) mass is 387 g/mol. The number of ether oxygens (including phenoxy) is 3. The number of benzene rings is 1. The molecule has 1 aliphatic rings. The molecular weight excluding hydrogens is 370 g/mol. The highest BCUT2D eigenvalue weighted by Gasteiger charge is 2.27. The maximum Gasteiger partial charge on any atom is 0.306 e. The first-order chi connectivity index (χ1) is 11.0. The Morgan fingerprint density at radius 1 is 1.35 bits per heavy atom. The molecule has 7 nitrogen and oxygen atoms in total. The lowest BCUT2D eigenvalue weighted by molar-refractivity contribution is -0.141. The lowest BCUT2D eigenvalue weighted by Crippen LogP contribution is -2.46. The van der Waals surface area contributed by atoms with Crippen LogP contribution >= 0.6 is 15.9 Å². The van der Waals surface area contributed by atoms with E-state index in [1.165, 1.54) is 14.2 Å². The summed E-state index contributed by atoms with van der Waals surface area (Å²) < 4.78 is 16.5. The molecule has 2 rings (SSSR count). The first-order valence-electron chi connectivity index (χ1n) is 7.00. The van der Waals surface area contributed by atoms with Crippen molar-refractivity contribution in [1.82, 2.24) is 4.90 Å². The highest BCUT2D eigenvalue weighted by atomic mass is 79.9. The number of hydrogen-bond donors (Lipinski definition) is 1. The number of carboxylic acid groups (broad SMARTS) is 1. The van der Waals surface area contributed by atoms with Gasteiger partial charge in [-0.25, -0.2) is 0 Å². The van der Waals surface area contributed by atoms with Crippen LogP contribution in [0.25, 0.3) is 0 Å². The molecule has 1 unspecified atom stereocenters. The van der Waals surface area contributed by atoms with E-state index in [2.05, 4.69) is 15.9 Å². The quantitative estimate of drug-likeness (QED) is 0.828. The zero-order valence-electron chi connectivity index (χ0n) is 12.9. The highest BCUT2D eigenvalue weighted by molar-refractivity contribution is 9.10. The third-order valence-corrected chi connectivity index (χ3v) is 4.30. The van der Waals surface area contributed by atoms with E-state index in [0.29, 0.717) is 34.7 Å². The number of hydrogen-bond acceptors (Lipinski definition) is 5. The molecule has 0 saturated carbocycles. The molecule has 8 heteroatoms. The van der Waals surface area contributed by atoms with E-state index in [0.717, 1.165) is 0 Å². The average molecular weight is 388 g/mol. The Balaban J connectivity index is 2.21. The second-order valence-corrected chi connectivity index (χ2v) is 5.83. The predicted octanol–water partition coefficient (Wildman–Crippen LogP) is 1.78. The minimum Gasteiger partial charge on any atom is -0.495 e. The molecule has 0 radical (unpaired) electrons. The summed E-state index contributed by atoms with van der Waals surface area (Å²) in [4.78, 5) is 25.1. The van der Waals surface area contributed by atoms with Gasteiger partial charge in [0, 0.05) is 18.7 Å². The van der Waals surface area contributed by atoms with Gasteiger partial charge < -0.3 is 24.2 Å². The van der Waals surface area contributed by atoms with Crippen LogP contribution in [0.3, 0.4) is 0 Å². The molecule has 0 bridgehead atoms. The summed E-state index contributed by atoms with van der Waals surface area (Å²) in [6.07, 6.45) is -0.624. The van der Waals surface area contributed by atoms with Crippen LogP contribution in [0.5, 0.6) is 11.5 Å². The molecule has 1 heterocycles. The number of carbonyl (C=O) groups is 2. The summed E-state index contributed by atoms with van der Waals surface area (Å²) in [5, 5.41) is 8.85. The van der Waals surface area contributed by atoms with E-state index in [1.807, 2.05) is 0 Å². The summed E-state index contributed by atoms with van der Waals surface area (Å²) in [6, 6.07) is 3.24. The summed E-state index contributed by atoms with van der Waals surface area (Å²) in [7, 11) is 3.01. The Bertz CT molecular complexity index is 581. The fourth-order valence-corrected chi connectivity index (χ4v) is 2.95. The van der Waals surface area contributed by atoms with Crippen molar-refractivity contribution in [3.63, 3.8) is 0 Å². The van der Waals surface area contributed by atoms with Crippen LogP contribution in [0.15, 0.2) is 16.6 Å². The van der Waals surface area contributed by atoms with Gasteiger partial charge in [-0.1, -0.05) is 0 Å². The number of rotatable bonds is 5. The van der Waals surface area contributed by atoms with Crippen LogP contribution in [0, 0.1) is 0 Å². The molecule has 23 heavy (non-hydrogen) atoms. The molecule has 0 aromatic heterocycles. The fourth-order valence-electron chi connectivity index (χ4n) is 2.40. The van der Waals surface area contributed by atoms with Crippen LogP contribution in [0.4, 0.5) is 0 Å². The summed E-state index contributed by atoms with van der Waals surface area (Å²) in [5.41, 5.74) is 0.415. The molecule has 1 atom stereocenters. The van der Waals surface area contributed by atoms with Crippen LogP contribution in [0.2, 0.25) is 0 Å². The highest BCUT2D eigenvalue weighted by Crippen LogP contribution is 2.36. The Morgan fingerprint density at radius 3 is 2.48 bits per heavy atom. The summed E-state index contributed by atoms with van der Waals surface area (Å²) in [6.45, 7) is 0.968. The van der Waals surface area contributed by atoms with Crippen LogP contribution in [-0.2, 0) is 9.53 Å². The third kappa shape index (κ3) is 4.14. The molecule has 1 fully saturated rings. The van der Waals surface area contributed by atoms with E-state index in [1.54, 1.807) is 17.0 Å². The normalized spacial score (nSPS) is 17.7. The first kappa shape index (κ1) is 17.6. The van der Waals surface area contributed by atoms with Gasteiger partial charge >= 0.3 is 5.97 Å². The maximum atomic E-state index is 12.7. The van der Waals surface area contributed by atoms with Gasteiger partial charge in [-0.2, -0.15) is 0 Å². The maximum absolute atomic E-state index is 12.7. The van der Waals surface area contributed by atoms with Gasteiger partial charge in [-0.3, -0.25) is 9.59 Å². The largest absolute Gasteiger partial charge is 0.495 e. The minimum atomic E-state index is -0.948. The first-order valence-corrected chi connectivity index (χ1v) is 7.79. The van der Waals surface area contributed by atoms with E-state index >= 15 is 0 Å². The molecule has 1 aromatic carbocycles. The van der Waals surface area contributed by atoms with Gasteiger partial charge in [0.1, 0.15) is 16.0 Å². The fraction of sp³-hybridized carbons (Fsp3) is 0.467. The number of halogens is 1. The SMILES string of the molecule is COc1cc(C(=O)N2CCOC(CC(=O)O)C2)cc(OC)c1Br. The lowest BCUT2D eigenvalue weighted by Gasteiger charge is -2.32. The van der Waals surface area contributed by atoms with Crippen molar-refractivity contribution in [3.05, 3.63) is 22.2 Å². The smallest absolute Gasteiger partial charge is 0.306 e. The number of nitrogens with zero attached hydrogens (tertiary/aromatic N) is 1. The standard InChI is InChI=1S/C15H18BrNO6/c1-21-11-5-9(6-12(22-2)14(11)16)15(20)17-3-4-23-10(8-17)7-13(18)19/h5-6,10H,3-4,7-8H2,1-2H3,(H,18,19). The van der Waals surface area contributed by atoms with Crippen LogP contribution in [-0.4, -0.2) is 61.9 Å². The van der Waals surface area contributed by atoms with Gasteiger partial charge in [0.15, 0.2) is 0 Å². The zero-order chi connectivity index (χ0) is 17.0. The summed E-state index contributed by atoms with van der Waals surface area (Å²) in [5.74, 6) is -0.185. The third-order valence-electron chi connectivity index (χ3n) is 3.52. The number of aliphatic carboxylic acids is 1. The second kappa shape index (κ2) is 7.65. The number of methoxy groups -OCH3 is 2. The Labute approximate surface area is 142 Å². The number of amides is 1. The topological polar surface area (TPSA) is 85.3 Å². The molecule has 1 N–H and O–H groups in total. The van der Waals surface area contributed by atoms with Gasteiger partial charge in [0.05, 0.1) is 33.4 Å². The van der Waals surface area contributed by atoms with Crippen molar-refractivity contribution >= 4 is 27.8 Å². The average Bonchev–Trinajstić information content (AvgIpc) is 2.54. The Hall–Kier alpha value is -1.80. The molecule has 1 aromatic rings.